The summed E-state index contributed by atoms with van der Waals surface area (Å²) in [7, 11) is 2.98. The number of carbonyl (C=O) groups is 1. The highest BCUT2D eigenvalue weighted by Gasteiger charge is 2.42. The van der Waals surface area contributed by atoms with Crippen LogP contribution in [-0.2, 0) is 10.2 Å². The normalized spacial score (nSPS) is 17.6. The van der Waals surface area contributed by atoms with Crippen LogP contribution in [0.5, 0.6) is 11.5 Å². The second kappa shape index (κ2) is 9.00. The van der Waals surface area contributed by atoms with Crippen LogP contribution >= 0.6 is 35.0 Å². The number of halogens is 4. The zero-order valence-corrected chi connectivity index (χ0v) is 19.6. The molecule has 0 amide bonds. The van der Waals surface area contributed by atoms with Gasteiger partial charge >= 0.3 is 11.4 Å². The van der Waals surface area contributed by atoms with E-state index in [0.29, 0.717) is 33.3 Å². The Hall–Kier alpha value is -2.56. The van der Waals surface area contributed by atoms with Crippen molar-refractivity contribution >= 4 is 40.9 Å². The van der Waals surface area contributed by atoms with Gasteiger partial charge in [-0.1, -0.05) is 23.7 Å². The molecule has 2 aromatic carbocycles. The number of rotatable bonds is 6. The van der Waals surface area contributed by atoms with Crippen LogP contribution in [0.25, 0.3) is 5.69 Å². The van der Waals surface area contributed by atoms with Crippen LogP contribution in [0.4, 0.5) is 8.78 Å². The predicted molar refractivity (Wildman–Crippen MR) is 120 cm³/mol. The average Bonchev–Trinajstić information content (AvgIpc) is 3.16. The number of hydrogen-bond acceptors (Lipinski definition) is 6. The number of fused-ring (bicyclic) bond motifs is 3. The quantitative estimate of drug-likeness (QED) is 0.429. The van der Waals surface area contributed by atoms with Gasteiger partial charge in [0.15, 0.2) is 17.3 Å². The number of ether oxygens (including phenoxy) is 2. The Balaban J connectivity index is 2.04. The minimum Gasteiger partial charge on any atom is -0.493 e. The van der Waals surface area contributed by atoms with Gasteiger partial charge in [0.25, 0.3) is 0 Å². The zero-order valence-electron chi connectivity index (χ0n) is 17.3. The summed E-state index contributed by atoms with van der Waals surface area (Å²) in [5.41, 5.74) is 1.50. The van der Waals surface area contributed by atoms with Crippen LogP contribution in [0.3, 0.4) is 0 Å². The molecule has 1 N–H and O–H groups in total. The first-order chi connectivity index (χ1) is 15.7. The van der Waals surface area contributed by atoms with Crippen LogP contribution in [-0.4, -0.2) is 40.1 Å². The summed E-state index contributed by atoms with van der Waals surface area (Å²) in [6, 6.07) is 10.0. The molecule has 2 atom stereocenters. The molecule has 33 heavy (non-hydrogen) atoms. The van der Waals surface area contributed by atoms with Crippen LogP contribution in [0, 0.1) is 0 Å². The van der Waals surface area contributed by atoms with Crippen molar-refractivity contribution in [1.82, 2.24) is 14.8 Å². The Kier molecular flexibility index (Phi) is 6.43. The number of aliphatic carboxylic acids is 1. The largest absolute Gasteiger partial charge is 0.493 e. The first-order valence-corrected chi connectivity index (χ1v) is 11.3. The van der Waals surface area contributed by atoms with E-state index in [1.54, 1.807) is 36.4 Å². The molecule has 174 valence electrons. The molecule has 12 heteroatoms. The molecule has 0 unspecified atom stereocenters. The van der Waals surface area contributed by atoms with E-state index in [4.69, 9.17) is 32.7 Å². The fourth-order valence-electron chi connectivity index (χ4n) is 3.82. The lowest BCUT2D eigenvalue weighted by atomic mass is 10.0. The van der Waals surface area contributed by atoms with Gasteiger partial charge in [0.05, 0.1) is 36.8 Å². The second-order valence-corrected chi connectivity index (χ2v) is 9.33. The molecule has 0 saturated carbocycles. The van der Waals surface area contributed by atoms with Gasteiger partial charge in [-0.2, -0.15) is 8.78 Å². The summed E-state index contributed by atoms with van der Waals surface area (Å²) in [4.78, 5) is 11.7. The van der Waals surface area contributed by atoms with Crippen molar-refractivity contribution in [3.8, 4) is 17.2 Å². The molecule has 7 nitrogen and oxygen atoms in total. The maximum absolute atomic E-state index is 14.3. The van der Waals surface area contributed by atoms with E-state index in [0.717, 1.165) is 4.57 Å². The molecule has 0 fully saturated rings. The number of benzene rings is 2. The summed E-state index contributed by atoms with van der Waals surface area (Å²) in [5.74, 6) is -0.993. The maximum atomic E-state index is 14.3. The Morgan fingerprint density at radius 2 is 1.97 bits per heavy atom. The van der Waals surface area contributed by atoms with Crippen molar-refractivity contribution in [1.29, 1.82) is 0 Å². The molecule has 4 rings (SSSR count). The van der Waals surface area contributed by atoms with Gasteiger partial charge in [-0.15, -0.1) is 22.0 Å². The minimum absolute atomic E-state index is 0.0469. The SMILES string of the molecule is COc1cccc([C@H]2S[C@H](CC(=O)O)c3nnc(C(F)(F)Cl)n3-c3ccc(Cl)cc32)c1OC. The Bertz CT molecular complexity index is 1220. The van der Waals surface area contributed by atoms with Crippen LogP contribution in [0.2, 0.25) is 5.02 Å². The number of carboxylic acids is 1. The van der Waals surface area contributed by atoms with Gasteiger partial charge in [-0.3, -0.25) is 9.36 Å². The van der Waals surface area contributed by atoms with E-state index in [-0.39, 0.29) is 12.2 Å². The van der Waals surface area contributed by atoms with E-state index in [2.05, 4.69) is 10.2 Å². The number of alkyl halides is 3. The summed E-state index contributed by atoms with van der Waals surface area (Å²) in [6.07, 6.45) is -0.388. The topological polar surface area (TPSA) is 86.5 Å². The van der Waals surface area contributed by atoms with Crippen molar-refractivity contribution in [2.45, 2.75) is 22.3 Å². The van der Waals surface area contributed by atoms with Crippen molar-refractivity contribution in [3.05, 3.63) is 64.2 Å². The van der Waals surface area contributed by atoms with E-state index in [1.165, 1.54) is 26.0 Å². The summed E-state index contributed by atoms with van der Waals surface area (Å²) in [6.45, 7) is 0. The molecule has 2 heterocycles. The van der Waals surface area contributed by atoms with Gasteiger partial charge in [0.2, 0.25) is 5.82 Å². The summed E-state index contributed by atoms with van der Waals surface area (Å²) >= 11 is 12.8. The average molecular weight is 516 g/mol. The van der Waals surface area contributed by atoms with E-state index in [9.17, 15) is 18.7 Å². The fourth-order valence-corrected chi connectivity index (χ4v) is 5.63. The monoisotopic (exact) mass is 515 g/mol. The van der Waals surface area contributed by atoms with E-state index < -0.39 is 27.7 Å². The maximum Gasteiger partial charge on any atom is 0.382 e. The molecule has 0 spiro atoms. The number of aromatic nitrogens is 3. The lowest BCUT2D eigenvalue weighted by molar-refractivity contribution is -0.137. The first-order valence-electron chi connectivity index (χ1n) is 9.56. The summed E-state index contributed by atoms with van der Waals surface area (Å²) in [5, 5.41) is 12.2. The third-order valence-corrected chi connectivity index (χ3v) is 7.01. The number of para-hydroxylation sites is 1. The van der Waals surface area contributed by atoms with Gasteiger partial charge in [0.1, 0.15) is 0 Å². The lowest BCUT2D eigenvalue weighted by Gasteiger charge is -2.23. The van der Waals surface area contributed by atoms with Crippen LogP contribution in [0.15, 0.2) is 36.4 Å². The van der Waals surface area contributed by atoms with Gasteiger partial charge in [-0.25, -0.2) is 0 Å². The molecule has 1 aromatic heterocycles. The highest BCUT2D eigenvalue weighted by molar-refractivity contribution is 8.00. The van der Waals surface area contributed by atoms with Crippen molar-refractivity contribution < 1.29 is 28.2 Å². The Morgan fingerprint density at radius 3 is 2.61 bits per heavy atom. The van der Waals surface area contributed by atoms with Crippen LogP contribution < -0.4 is 9.47 Å². The molecule has 0 aliphatic carbocycles. The number of hydrogen-bond donors (Lipinski definition) is 1. The van der Waals surface area contributed by atoms with E-state index >= 15 is 0 Å². The number of nitrogens with zero attached hydrogens (tertiary/aromatic N) is 3. The molecular weight excluding hydrogens is 499 g/mol. The van der Waals surface area contributed by atoms with E-state index in [1.807, 2.05) is 0 Å². The third-order valence-electron chi connectivity index (χ3n) is 5.12. The Labute approximate surface area is 201 Å². The highest BCUT2D eigenvalue weighted by Crippen LogP contribution is 2.54. The van der Waals surface area contributed by atoms with Crippen molar-refractivity contribution in [3.63, 3.8) is 0 Å². The van der Waals surface area contributed by atoms with Gasteiger partial charge in [-0.05, 0) is 41.4 Å². The highest BCUT2D eigenvalue weighted by atomic mass is 35.5. The molecule has 1 aliphatic rings. The second-order valence-electron chi connectivity index (χ2n) is 7.10. The molecule has 0 bridgehead atoms. The first kappa shape index (κ1) is 23.6. The molecular formula is C21H17Cl2F2N3O4S. The smallest absolute Gasteiger partial charge is 0.382 e. The molecule has 0 radical (unpaired) electrons. The molecule has 3 aromatic rings. The standard InChI is InChI=1S/C21H17Cl2F2N3O4S/c1-31-14-5-3-4-11(17(14)32-2)18-12-8-10(22)6-7-13(12)28-19(15(33-18)9-16(29)30)26-27-20(28)21(23,24)25/h3-8,15,18H,9H2,1-2H3,(H,29,30)/t15-,18-/m1/s1. The predicted octanol–water partition coefficient (Wildman–Crippen LogP) is 5.58. The fraction of sp³-hybridized carbons (Fsp3) is 0.286. The number of thioether (sulfide) groups is 1. The Morgan fingerprint density at radius 1 is 1.21 bits per heavy atom. The van der Waals surface area contributed by atoms with Crippen LogP contribution in [0.1, 0.15) is 39.7 Å². The van der Waals surface area contributed by atoms with Gasteiger partial charge < -0.3 is 14.6 Å². The number of methoxy groups -OCH3 is 2. The molecule has 1 aliphatic heterocycles. The third kappa shape index (κ3) is 4.34. The number of carboxylic acid groups (broad SMARTS) is 1. The van der Waals surface area contributed by atoms with Crippen molar-refractivity contribution in [2.24, 2.45) is 0 Å². The minimum atomic E-state index is -3.84. The van der Waals surface area contributed by atoms with Gasteiger partial charge in [0, 0.05) is 10.6 Å². The molecule has 0 saturated heterocycles. The summed E-state index contributed by atoms with van der Waals surface area (Å²) < 4.78 is 40.7. The lowest BCUT2D eigenvalue weighted by Crippen LogP contribution is -2.16. The van der Waals surface area contributed by atoms with Crippen molar-refractivity contribution in [2.75, 3.05) is 14.2 Å². The zero-order chi connectivity index (χ0) is 23.9.